The standard InChI is InChI=1S/C18H17N3O2S/c1-12-4-2-3-5-15(12)20-17(22)10-23-14-8-6-13(7-9-14)16-11-24-18(19)21-16/h2-9,11H,10H2,1H3,(H2,19,21)(H,20,22). The summed E-state index contributed by atoms with van der Waals surface area (Å²) in [5.74, 6) is 0.433. The van der Waals surface area contributed by atoms with Gasteiger partial charge >= 0.3 is 0 Å². The highest BCUT2D eigenvalue weighted by Gasteiger charge is 2.06. The van der Waals surface area contributed by atoms with E-state index in [1.54, 1.807) is 0 Å². The van der Waals surface area contributed by atoms with Crippen LogP contribution in [0.5, 0.6) is 5.75 Å². The summed E-state index contributed by atoms with van der Waals surface area (Å²) in [6, 6.07) is 15.0. The number of nitrogens with zero attached hydrogens (tertiary/aromatic N) is 1. The van der Waals surface area contributed by atoms with E-state index in [-0.39, 0.29) is 12.5 Å². The molecule has 3 rings (SSSR count). The lowest BCUT2D eigenvalue weighted by molar-refractivity contribution is -0.118. The van der Waals surface area contributed by atoms with Gasteiger partial charge in [0.15, 0.2) is 11.7 Å². The third-order valence-corrected chi connectivity index (χ3v) is 4.14. The predicted octanol–water partition coefficient (Wildman–Crippen LogP) is 3.72. The topological polar surface area (TPSA) is 77.2 Å². The van der Waals surface area contributed by atoms with Crippen LogP contribution in [0.2, 0.25) is 0 Å². The van der Waals surface area contributed by atoms with Crippen molar-refractivity contribution in [3.05, 3.63) is 59.5 Å². The minimum atomic E-state index is -0.194. The average molecular weight is 339 g/mol. The number of carbonyl (C=O) groups excluding carboxylic acids is 1. The summed E-state index contributed by atoms with van der Waals surface area (Å²) in [6.07, 6.45) is 0. The largest absolute Gasteiger partial charge is 0.484 e. The van der Waals surface area contributed by atoms with Gasteiger partial charge in [-0.1, -0.05) is 18.2 Å². The number of nitrogen functional groups attached to an aromatic ring is 1. The van der Waals surface area contributed by atoms with Gasteiger partial charge < -0.3 is 15.8 Å². The summed E-state index contributed by atoms with van der Waals surface area (Å²) in [6.45, 7) is 1.90. The first-order valence-electron chi connectivity index (χ1n) is 7.41. The van der Waals surface area contributed by atoms with E-state index in [9.17, 15) is 4.79 Å². The minimum absolute atomic E-state index is 0.0443. The summed E-state index contributed by atoms with van der Waals surface area (Å²) in [7, 11) is 0. The summed E-state index contributed by atoms with van der Waals surface area (Å²) >= 11 is 1.40. The molecule has 0 saturated carbocycles. The lowest BCUT2D eigenvalue weighted by atomic mass is 10.2. The summed E-state index contributed by atoms with van der Waals surface area (Å²) < 4.78 is 5.52. The summed E-state index contributed by atoms with van der Waals surface area (Å²) in [4.78, 5) is 16.2. The fourth-order valence-corrected chi connectivity index (χ4v) is 2.76. The van der Waals surface area contributed by atoms with Crippen LogP contribution in [0.3, 0.4) is 0 Å². The molecule has 24 heavy (non-hydrogen) atoms. The minimum Gasteiger partial charge on any atom is -0.484 e. The number of hydrogen-bond donors (Lipinski definition) is 2. The maximum atomic E-state index is 12.0. The number of amides is 1. The van der Waals surface area contributed by atoms with Gasteiger partial charge in [-0.3, -0.25) is 4.79 Å². The van der Waals surface area contributed by atoms with Crippen molar-refractivity contribution in [2.24, 2.45) is 0 Å². The number of thiazole rings is 1. The second-order valence-electron chi connectivity index (χ2n) is 5.25. The Hall–Kier alpha value is -2.86. The van der Waals surface area contributed by atoms with Crippen molar-refractivity contribution < 1.29 is 9.53 Å². The summed E-state index contributed by atoms with van der Waals surface area (Å²) in [5.41, 5.74) is 9.24. The van der Waals surface area contributed by atoms with Crippen LogP contribution in [0, 0.1) is 6.92 Å². The number of nitrogens with one attached hydrogen (secondary N) is 1. The van der Waals surface area contributed by atoms with Crippen LogP contribution in [0.4, 0.5) is 10.8 Å². The molecule has 0 spiro atoms. The zero-order valence-corrected chi connectivity index (χ0v) is 14.0. The molecule has 122 valence electrons. The number of nitrogens with two attached hydrogens (primary N) is 1. The normalized spacial score (nSPS) is 10.4. The molecule has 3 aromatic rings. The van der Waals surface area contributed by atoms with E-state index in [2.05, 4.69) is 10.3 Å². The number of ether oxygens (including phenoxy) is 1. The third-order valence-electron chi connectivity index (χ3n) is 3.46. The van der Waals surface area contributed by atoms with E-state index < -0.39 is 0 Å². The van der Waals surface area contributed by atoms with Crippen LogP contribution in [0.15, 0.2) is 53.9 Å². The number of benzene rings is 2. The Morgan fingerprint density at radius 1 is 1.21 bits per heavy atom. The zero-order chi connectivity index (χ0) is 16.9. The summed E-state index contributed by atoms with van der Waals surface area (Å²) in [5, 5.41) is 5.28. The van der Waals surface area contributed by atoms with Crippen molar-refractivity contribution in [3.63, 3.8) is 0 Å². The smallest absolute Gasteiger partial charge is 0.262 e. The molecule has 0 unspecified atom stereocenters. The molecule has 0 radical (unpaired) electrons. The van der Waals surface area contributed by atoms with Gasteiger partial charge in [0.25, 0.3) is 5.91 Å². The molecule has 2 aromatic carbocycles. The van der Waals surface area contributed by atoms with Gasteiger partial charge in [-0.25, -0.2) is 4.98 Å². The first-order valence-corrected chi connectivity index (χ1v) is 8.29. The van der Waals surface area contributed by atoms with Crippen LogP contribution in [-0.2, 0) is 4.79 Å². The SMILES string of the molecule is Cc1ccccc1NC(=O)COc1ccc(-c2csc(N)n2)cc1. The van der Waals surface area contributed by atoms with Crippen LogP contribution in [0.25, 0.3) is 11.3 Å². The number of hydrogen-bond acceptors (Lipinski definition) is 5. The van der Waals surface area contributed by atoms with Gasteiger partial charge in [-0.15, -0.1) is 11.3 Å². The highest BCUT2D eigenvalue weighted by Crippen LogP contribution is 2.25. The second-order valence-corrected chi connectivity index (χ2v) is 6.14. The number of aromatic nitrogens is 1. The number of aryl methyl sites for hydroxylation is 1. The molecule has 6 heteroatoms. The fourth-order valence-electron chi connectivity index (χ4n) is 2.19. The van der Waals surface area contributed by atoms with E-state index in [4.69, 9.17) is 10.5 Å². The average Bonchev–Trinajstić information content (AvgIpc) is 3.02. The van der Waals surface area contributed by atoms with Gasteiger partial charge in [-0.2, -0.15) is 0 Å². The van der Waals surface area contributed by atoms with Crippen LogP contribution in [0.1, 0.15) is 5.56 Å². The molecule has 3 N–H and O–H groups in total. The Bertz CT molecular complexity index is 843. The Kier molecular flexibility index (Phi) is 4.77. The molecule has 1 amide bonds. The van der Waals surface area contributed by atoms with E-state index in [0.717, 1.165) is 22.5 Å². The maximum Gasteiger partial charge on any atom is 0.262 e. The molecule has 1 aromatic heterocycles. The Balaban J connectivity index is 1.57. The van der Waals surface area contributed by atoms with Gasteiger partial charge in [0, 0.05) is 16.6 Å². The van der Waals surface area contributed by atoms with Crippen molar-refractivity contribution in [2.45, 2.75) is 6.92 Å². The van der Waals surface area contributed by atoms with Crippen LogP contribution in [-0.4, -0.2) is 17.5 Å². The van der Waals surface area contributed by atoms with Crippen LogP contribution >= 0.6 is 11.3 Å². The van der Waals surface area contributed by atoms with Gasteiger partial charge in [0.1, 0.15) is 5.75 Å². The maximum absolute atomic E-state index is 12.0. The Morgan fingerprint density at radius 2 is 1.96 bits per heavy atom. The number of anilines is 2. The molecule has 0 saturated heterocycles. The molecule has 5 nitrogen and oxygen atoms in total. The highest BCUT2D eigenvalue weighted by molar-refractivity contribution is 7.13. The third kappa shape index (κ3) is 3.91. The monoisotopic (exact) mass is 339 g/mol. The molecule has 0 aliphatic heterocycles. The lowest BCUT2D eigenvalue weighted by Gasteiger charge is -2.09. The molecular formula is C18H17N3O2S. The first kappa shape index (κ1) is 16.0. The van der Waals surface area contributed by atoms with E-state index in [1.165, 1.54) is 11.3 Å². The molecular weight excluding hydrogens is 322 g/mol. The quantitative estimate of drug-likeness (QED) is 0.743. The van der Waals surface area contributed by atoms with Crippen molar-refractivity contribution in [2.75, 3.05) is 17.7 Å². The Labute approximate surface area is 144 Å². The molecule has 0 aliphatic rings. The van der Waals surface area contributed by atoms with Gasteiger partial charge in [0.2, 0.25) is 0 Å². The van der Waals surface area contributed by atoms with E-state index in [0.29, 0.717) is 10.9 Å². The van der Waals surface area contributed by atoms with Crippen molar-refractivity contribution in [3.8, 4) is 17.0 Å². The van der Waals surface area contributed by atoms with E-state index in [1.807, 2.05) is 60.8 Å². The highest BCUT2D eigenvalue weighted by atomic mass is 32.1. The number of para-hydroxylation sites is 1. The first-order chi connectivity index (χ1) is 11.6. The lowest BCUT2D eigenvalue weighted by Crippen LogP contribution is -2.20. The van der Waals surface area contributed by atoms with Gasteiger partial charge in [-0.05, 0) is 42.8 Å². The number of carbonyl (C=O) groups is 1. The molecule has 1 heterocycles. The van der Waals surface area contributed by atoms with Crippen LogP contribution < -0.4 is 15.8 Å². The van der Waals surface area contributed by atoms with Crippen molar-refractivity contribution in [1.82, 2.24) is 4.98 Å². The molecule has 0 bridgehead atoms. The van der Waals surface area contributed by atoms with Crippen molar-refractivity contribution >= 4 is 28.1 Å². The second kappa shape index (κ2) is 7.14. The molecule has 0 aliphatic carbocycles. The zero-order valence-electron chi connectivity index (χ0n) is 13.2. The van der Waals surface area contributed by atoms with Crippen molar-refractivity contribution in [1.29, 1.82) is 0 Å². The van der Waals surface area contributed by atoms with Gasteiger partial charge in [0.05, 0.1) is 5.69 Å². The molecule has 0 fully saturated rings. The Morgan fingerprint density at radius 3 is 2.62 bits per heavy atom. The fraction of sp³-hybridized carbons (Fsp3) is 0.111. The predicted molar refractivity (Wildman–Crippen MR) is 97.3 cm³/mol. The number of rotatable bonds is 5. The van der Waals surface area contributed by atoms with E-state index >= 15 is 0 Å². The molecule has 0 atom stereocenters.